The molecule has 0 radical (unpaired) electrons. The van der Waals surface area contributed by atoms with Crippen LogP contribution in [0.15, 0.2) is 18.5 Å². The summed E-state index contributed by atoms with van der Waals surface area (Å²) < 4.78 is 13.0. The number of nitrogens with one attached hydrogen (secondary N) is 1. The van der Waals surface area contributed by atoms with Crippen molar-refractivity contribution in [1.29, 1.82) is 0 Å². The molecule has 0 unspecified atom stereocenters. The van der Waals surface area contributed by atoms with Crippen LogP contribution in [0, 0.1) is 5.82 Å². The normalized spacial score (nSPS) is 9.86. The Hall–Kier alpha value is -1.49. The van der Waals surface area contributed by atoms with Crippen molar-refractivity contribution in [2.45, 2.75) is 6.42 Å². The van der Waals surface area contributed by atoms with Gasteiger partial charge in [0.2, 0.25) is 0 Å². The van der Waals surface area contributed by atoms with Gasteiger partial charge in [-0.3, -0.25) is 9.78 Å². The maximum atomic E-state index is 13.0. The molecule has 1 aromatic rings. The fourth-order valence-corrected chi connectivity index (χ4v) is 0.936. The lowest BCUT2D eigenvalue weighted by atomic mass is 10.2. The van der Waals surface area contributed by atoms with Crippen LogP contribution in [0.3, 0.4) is 0 Å². The molecule has 0 aliphatic carbocycles. The minimum absolute atomic E-state index is 0.000886. The summed E-state index contributed by atoms with van der Waals surface area (Å²) in [6.07, 6.45) is 2.80. The third-order valence-electron chi connectivity index (χ3n) is 1.64. The molecule has 1 heterocycles. The second kappa shape index (κ2) is 5.29. The van der Waals surface area contributed by atoms with Crippen LogP contribution < -0.4 is 5.32 Å². The number of hydrogen-bond acceptors (Lipinski definition) is 3. The van der Waals surface area contributed by atoms with Crippen LogP contribution in [0.4, 0.5) is 4.39 Å². The van der Waals surface area contributed by atoms with Crippen LogP contribution in [0.5, 0.6) is 0 Å². The first-order valence-electron chi connectivity index (χ1n) is 4.24. The van der Waals surface area contributed by atoms with Crippen molar-refractivity contribution < 1.29 is 14.3 Å². The van der Waals surface area contributed by atoms with Gasteiger partial charge in [-0.2, -0.15) is 0 Å². The molecule has 0 bridgehead atoms. The van der Waals surface area contributed by atoms with Gasteiger partial charge < -0.3 is 10.4 Å². The summed E-state index contributed by atoms with van der Waals surface area (Å²) in [7, 11) is 0. The number of carbonyl (C=O) groups excluding carboxylic acids is 1. The van der Waals surface area contributed by atoms with E-state index in [0.29, 0.717) is 13.0 Å². The number of aliphatic hydroxyl groups is 1. The monoisotopic (exact) mass is 198 g/mol. The molecule has 0 saturated carbocycles. The number of halogens is 1. The zero-order chi connectivity index (χ0) is 10.4. The van der Waals surface area contributed by atoms with Gasteiger partial charge in [0.15, 0.2) is 5.82 Å². The van der Waals surface area contributed by atoms with Crippen LogP contribution in [-0.2, 0) is 0 Å². The van der Waals surface area contributed by atoms with Gasteiger partial charge in [0, 0.05) is 19.3 Å². The second-order valence-electron chi connectivity index (χ2n) is 2.69. The fraction of sp³-hybridized carbons (Fsp3) is 0.333. The molecular weight excluding hydrogens is 187 g/mol. The Morgan fingerprint density at radius 1 is 1.64 bits per heavy atom. The highest BCUT2D eigenvalue weighted by atomic mass is 19.1. The molecule has 0 saturated heterocycles. The van der Waals surface area contributed by atoms with Gasteiger partial charge in [0.25, 0.3) is 5.91 Å². The van der Waals surface area contributed by atoms with Crippen molar-refractivity contribution in [3.05, 3.63) is 29.8 Å². The molecule has 1 aromatic heterocycles. The Labute approximate surface area is 80.8 Å². The molecule has 0 aromatic carbocycles. The summed E-state index contributed by atoms with van der Waals surface area (Å²) in [4.78, 5) is 14.8. The van der Waals surface area contributed by atoms with Gasteiger partial charge in [-0.25, -0.2) is 4.39 Å². The first kappa shape index (κ1) is 10.6. The average Bonchev–Trinajstić information content (AvgIpc) is 2.18. The molecule has 0 aliphatic rings. The summed E-state index contributed by atoms with van der Waals surface area (Å²) in [6.45, 7) is 0.330. The van der Waals surface area contributed by atoms with Crippen molar-refractivity contribution >= 4 is 5.91 Å². The van der Waals surface area contributed by atoms with E-state index < -0.39 is 11.7 Å². The molecule has 0 spiro atoms. The summed E-state index contributed by atoms with van der Waals surface area (Å²) >= 11 is 0. The highest BCUT2D eigenvalue weighted by Crippen LogP contribution is 2.03. The van der Waals surface area contributed by atoms with Gasteiger partial charge >= 0.3 is 0 Å². The summed E-state index contributed by atoms with van der Waals surface area (Å²) in [5, 5.41) is 10.9. The summed E-state index contributed by atoms with van der Waals surface area (Å²) in [5.41, 5.74) is -0.0297. The molecule has 5 heteroatoms. The molecule has 14 heavy (non-hydrogen) atoms. The molecule has 0 aliphatic heterocycles. The van der Waals surface area contributed by atoms with E-state index in [1.54, 1.807) is 0 Å². The number of carbonyl (C=O) groups is 1. The number of nitrogens with zero attached hydrogens (tertiary/aromatic N) is 1. The zero-order valence-electron chi connectivity index (χ0n) is 7.53. The van der Waals surface area contributed by atoms with Crippen molar-refractivity contribution in [2.24, 2.45) is 0 Å². The highest BCUT2D eigenvalue weighted by molar-refractivity contribution is 5.94. The van der Waals surface area contributed by atoms with E-state index in [1.165, 1.54) is 12.3 Å². The number of amides is 1. The Bertz CT molecular complexity index is 317. The SMILES string of the molecule is O=C(NCCCO)c1ccncc1F. The minimum atomic E-state index is -0.644. The van der Waals surface area contributed by atoms with Crippen LogP contribution in [0.25, 0.3) is 0 Å². The Balaban J connectivity index is 2.56. The zero-order valence-corrected chi connectivity index (χ0v) is 7.53. The molecule has 1 rings (SSSR count). The van der Waals surface area contributed by atoms with E-state index >= 15 is 0 Å². The van der Waals surface area contributed by atoms with Crippen LogP contribution in [0.1, 0.15) is 16.8 Å². The van der Waals surface area contributed by atoms with Crippen molar-refractivity contribution in [3.8, 4) is 0 Å². The van der Waals surface area contributed by atoms with Crippen LogP contribution in [-0.4, -0.2) is 29.1 Å². The maximum Gasteiger partial charge on any atom is 0.254 e. The lowest BCUT2D eigenvalue weighted by molar-refractivity contribution is 0.0947. The smallest absolute Gasteiger partial charge is 0.254 e. The Morgan fingerprint density at radius 3 is 3.07 bits per heavy atom. The first-order chi connectivity index (χ1) is 6.75. The number of aliphatic hydroxyl groups excluding tert-OH is 1. The summed E-state index contributed by atoms with van der Waals surface area (Å²) in [5.74, 6) is -1.13. The van der Waals surface area contributed by atoms with Crippen molar-refractivity contribution in [3.63, 3.8) is 0 Å². The predicted octanol–water partition coefficient (Wildman–Crippen LogP) is 0.333. The topological polar surface area (TPSA) is 62.2 Å². The number of pyridine rings is 1. The second-order valence-corrected chi connectivity index (χ2v) is 2.69. The number of hydrogen-bond donors (Lipinski definition) is 2. The Morgan fingerprint density at radius 2 is 2.43 bits per heavy atom. The molecule has 4 nitrogen and oxygen atoms in total. The maximum absolute atomic E-state index is 13.0. The van der Waals surface area contributed by atoms with Gasteiger partial charge in [-0.05, 0) is 12.5 Å². The van der Waals surface area contributed by atoms with Crippen LogP contribution >= 0.6 is 0 Å². The molecule has 1 amide bonds. The number of rotatable bonds is 4. The molecule has 0 atom stereocenters. The third-order valence-corrected chi connectivity index (χ3v) is 1.64. The van der Waals surface area contributed by atoms with Crippen molar-refractivity contribution in [2.75, 3.05) is 13.2 Å². The standard InChI is InChI=1S/C9H11FN2O2/c10-8-6-11-4-2-7(8)9(14)12-3-1-5-13/h2,4,6,13H,1,3,5H2,(H,12,14). The van der Waals surface area contributed by atoms with Gasteiger partial charge in [-0.15, -0.1) is 0 Å². The average molecular weight is 198 g/mol. The van der Waals surface area contributed by atoms with Crippen molar-refractivity contribution in [1.82, 2.24) is 10.3 Å². The van der Waals surface area contributed by atoms with E-state index in [0.717, 1.165) is 6.20 Å². The lowest BCUT2D eigenvalue weighted by Crippen LogP contribution is -2.25. The van der Waals surface area contributed by atoms with E-state index in [-0.39, 0.29) is 12.2 Å². The molecular formula is C9H11FN2O2. The fourth-order valence-electron chi connectivity index (χ4n) is 0.936. The van der Waals surface area contributed by atoms with E-state index in [2.05, 4.69) is 10.3 Å². The number of aromatic nitrogens is 1. The van der Waals surface area contributed by atoms with Gasteiger partial charge in [0.1, 0.15) is 0 Å². The predicted molar refractivity (Wildman–Crippen MR) is 48.2 cm³/mol. The molecule has 76 valence electrons. The van der Waals surface area contributed by atoms with E-state index in [9.17, 15) is 9.18 Å². The first-order valence-corrected chi connectivity index (χ1v) is 4.24. The van der Waals surface area contributed by atoms with Crippen LogP contribution in [0.2, 0.25) is 0 Å². The quantitative estimate of drug-likeness (QED) is 0.685. The Kier molecular flexibility index (Phi) is 4.00. The van der Waals surface area contributed by atoms with E-state index in [4.69, 9.17) is 5.11 Å². The largest absolute Gasteiger partial charge is 0.396 e. The molecule has 2 N–H and O–H groups in total. The highest BCUT2D eigenvalue weighted by Gasteiger charge is 2.09. The summed E-state index contributed by atoms with van der Waals surface area (Å²) in [6, 6.07) is 1.31. The molecule has 0 fully saturated rings. The van der Waals surface area contributed by atoms with Gasteiger partial charge in [0.05, 0.1) is 11.8 Å². The lowest BCUT2D eigenvalue weighted by Gasteiger charge is -2.03. The van der Waals surface area contributed by atoms with Gasteiger partial charge in [-0.1, -0.05) is 0 Å². The third kappa shape index (κ3) is 2.77. The van der Waals surface area contributed by atoms with E-state index in [1.807, 2.05) is 0 Å². The minimum Gasteiger partial charge on any atom is -0.396 e.